The van der Waals surface area contributed by atoms with Gasteiger partial charge in [0.1, 0.15) is 0 Å². The van der Waals surface area contributed by atoms with Gasteiger partial charge < -0.3 is 0 Å². The Kier molecular flexibility index (Phi) is 2.83. The van der Waals surface area contributed by atoms with Crippen molar-refractivity contribution in [3.05, 3.63) is 0 Å². The molecule has 0 aromatic rings. The van der Waals surface area contributed by atoms with Gasteiger partial charge in [-0.1, -0.05) is 6.92 Å². The normalized spacial score (nSPS) is 18.9. The monoisotopic (exact) mass is 109 g/mol. The Morgan fingerprint density at radius 2 is 2.00 bits per heavy atom. The quantitative estimate of drug-likeness (QED) is 0.511. The van der Waals surface area contributed by atoms with Gasteiger partial charge in [-0.25, -0.2) is 8.78 Å². The summed E-state index contributed by atoms with van der Waals surface area (Å²) in [4.78, 5) is 0. The molecule has 0 rings (SSSR count). The first-order chi connectivity index (χ1) is 3.18. The molecule has 0 amide bonds. The summed E-state index contributed by atoms with van der Waals surface area (Å²) < 4.78 is 22.7. The summed E-state index contributed by atoms with van der Waals surface area (Å²) in [7, 11) is 0. The summed E-state index contributed by atoms with van der Waals surface area (Å²) in [5.41, 5.74) is 0. The van der Waals surface area contributed by atoms with Crippen LogP contribution in [0.3, 0.4) is 0 Å². The largest absolute Gasteiger partial charge is 0.262 e. The van der Waals surface area contributed by atoms with E-state index in [9.17, 15) is 13.9 Å². The molecule has 3 heteroatoms. The fraction of sp³-hybridized carbons (Fsp3) is 1.00. The molecule has 2 unspecified atom stereocenters. The first-order valence-corrected chi connectivity index (χ1v) is 2.12. The predicted octanol–water partition coefficient (Wildman–Crippen LogP) is 1.46. The van der Waals surface area contributed by atoms with Crippen LogP contribution in [0.5, 0.6) is 0 Å². The van der Waals surface area contributed by atoms with Crippen LogP contribution in [0.4, 0.5) is 8.78 Å². The highest BCUT2D eigenvalue weighted by molar-refractivity contribution is 4.51. The number of hydrogen-bond donors (Lipinski definition) is 0. The molecule has 1 radical (unpaired) electrons. The molecule has 43 valence electrons. The maximum Gasteiger partial charge on any atom is 0.262 e. The van der Waals surface area contributed by atoms with Crippen molar-refractivity contribution >= 4 is 0 Å². The Balaban J connectivity index is 3.14. The molecule has 0 fully saturated rings. The minimum absolute atomic E-state index is 0.0370. The van der Waals surface area contributed by atoms with E-state index in [0.29, 0.717) is 0 Å². The minimum atomic E-state index is -2.55. The average molecular weight is 109 g/mol. The maximum atomic E-state index is 11.6. The molecule has 0 heterocycles. The van der Waals surface area contributed by atoms with Gasteiger partial charge in [0.2, 0.25) is 0 Å². The highest BCUT2D eigenvalue weighted by Gasteiger charge is 2.14. The SMILES string of the molecule is CCC(F)C([O])F. The van der Waals surface area contributed by atoms with Gasteiger partial charge >= 0.3 is 0 Å². The van der Waals surface area contributed by atoms with E-state index in [1.807, 2.05) is 0 Å². The standard InChI is InChI=1S/C4H7F2O/c1-2-3(5)4(6)7/h3-4H,2H2,1H3. The molecule has 0 aliphatic rings. The van der Waals surface area contributed by atoms with Gasteiger partial charge in [-0.05, 0) is 6.42 Å². The molecule has 0 aliphatic heterocycles. The van der Waals surface area contributed by atoms with Crippen LogP contribution in [-0.2, 0) is 5.11 Å². The summed E-state index contributed by atoms with van der Waals surface area (Å²) in [6, 6.07) is 0. The van der Waals surface area contributed by atoms with Crippen LogP contribution in [0, 0.1) is 0 Å². The molecular formula is C4H7F2O. The van der Waals surface area contributed by atoms with E-state index in [1.165, 1.54) is 6.92 Å². The third kappa shape index (κ3) is 2.51. The predicted molar refractivity (Wildman–Crippen MR) is 20.8 cm³/mol. The second-order valence-corrected chi connectivity index (χ2v) is 1.28. The topological polar surface area (TPSA) is 19.9 Å². The summed E-state index contributed by atoms with van der Waals surface area (Å²) in [6.45, 7) is 1.43. The number of alkyl halides is 2. The Morgan fingerprint density at radius 1 is 1.57 bits per heavy atom. The molecular weight excluding hydrogens is 102 g/mol. The van der Waals surface area contributed by atoms with Gasteiger partial charge in [0.05, 0.1) is 0 Å². The Bertz CT molecular complexity index is 47.0. The van der Waals surface area contributed by atoms with Gasteiger partial charge in [0.15, 0.2) is 6.17 Å². The van der Waals surface area contributed by atoms with Gasteiger partial charge in [-0.3, -0.25) is 0 Å². The van der Waals surface area contributed by atoms with E-state index >= 15 is 0 Å². The molecule has 0 bridgehead atoms. The average Bonchev–Trinajstić information content (AvgIpc) is 1.65. The van der Waals surface area contributed by atoms with Crippen LogP contribution >= 0.6 is 0 Å². The number of rotatable bonds is 2. The molecule has 0 N–H and O–H groups in total. The zero-order valence-electron chi connectivity index (χ0n) is 4.03. The van der Waals surface area contributed by atoms with Crippen LogP contribution in [0.1, 0.15) is 13.3 Å². The molecule has 1 nitrogen and oxygen atoms in total. The van der Waals surface area contributed by atoms with E-state index in [1.54, 1.807) is 0 Å². The zero-order chi connectivity index (χ0) is 5.86. The smallest absolute Gasteiger partial charge is 0.241 e. The number of hydrogen-bond acceptors (Lipinski definition) is 0. The Hall–Kier alpha value is -0.180. The molecule has 0 spiro atoms. The molecule has 0 saturated carbocycles. The van der Waals surface area contributed by atoms with Gasteiger partial charge in [-0.15, -0.1) is 0 Å². The third-order valence-electron chi connectivity index (χ3n) is 0.674. The summed E-state index contributed by atoms with van der Waals surface area (Å²) in [5, 5.41) is 9.42. The van der Waals surface area contributed by atoms with Crippen LogP contribution in [0.15, 0.2) is 0 Å². The van der Waals surface area contributed by atoms with Crippen LogP contribution < -0.4 is 0 Å². The van der Waals surface area contributed by atoms with Gasteiger partial charge in [0, 0.05) is 0 Å². The molecule has 0 saturated heterocycles. The summed E-state index contributed by atoms with van der Waals surface area (Å²) >= 11 is 0. The van der Waals surface area contributed by atoms with Crippen molar-refractivity contribution in [1.29, 1.82) is 0 Å². The first-order valence-electron chi connectivity index (χ1n) is 2.12. The minimum Gasteiger partial charge on any atom is -0.241 e. The van der Waals surface area contributed by atoms with Crippen LogP contribution in [-0.4, -0.2) is 12.5 Å². The molecule has 0 aromatic heterocycles. The van der Waals surface area contributed by atoms with Crippen LogP contribution in [0.25, 0.3) is 0 Å². The lowest BCUT2D eigenvalue weighted by atomic mass is 10.3. The highest BCUT2D eigenvalue weighted by atomic mass is 19.2. The molecule has 2 atom stereocenters. The Morgan fingerprint density at radius 3 is 2.00 bits per heavy atom. The third-order valence-corrected chi connectivity index (χ3v) is 0.674. The Labute approximate surface area is 41.0 Å². The van der Waals surface area contributed by atoms with Crippen molar-refractivity contribution in [2.45, 2.75) is 25.9 Å². The first kappa shape index (κ1) is 6.82. The van der Waals surface area contributed by atoms with E-state index in [4.69, 9.17) is 0 Å². The van der Waals surface area contributed by atoms with E-state index in [-0.39, 0.29) is 6.42 Å². The van der Waals surface area contributed by atoms with Crippen molar-refractivity contribution in [3.63, 3.8) is 0 Å². The maximum absolute atomic E-state index is 11.6. The zero-order valence-corrected chi connectivity index (χ0v) is 4.03. The lowest BCUT2D eigenvalue weighted by Crippen LogP contribution is -2.12. The van der Waals surface area contributed by atoms with E-state index < -0.39 is 12.5 Å². The molecule has 0 aromatic carbocycles. The van der Waals surface area contributed by atoms with Crippen molar-refractivity contribution in [3.8, 4) is 0 Å². The lowest BCUT2D eigenvalue weighted by molar-refractivity contribution is -0.0782. The lowest BCUT2D eigenvalue weighted by Gasteiger charge is -1.99. The summed E-state index contributed by atoms with van der Waals surface area (Å²) in [6.07, 6.45) is -4.41. The van der Waals surface area contributed by atoms with Crippen LogP contribution in [0.2, 0.25) is 0 Å². The van der Waals surface area contributed by atoms with E-state index in [2.05, 4.69) is 0 Å². The van der Waals surface area contributed by atoms with Crippen molar-refractivity contribution in [2.24, 2.45) is 0 Å². The van der Waals surface area contributed by atoms with Gasteiger partial charge in [0.25, 0.3) is 6.36 Å². The fourth-order valence-electron chi connectivity index (χ4n) is 0.185. The second kappa shape index (κ2) is 2.91. The van der Waals surface area contributed by atoms with Crippen molar-refractivity contribution < 1.29 is 13.9 Å². The van der Waals surface area contributed by atoms with Crippen molar-refractivity contribution in [1.82, 2.24) is 0 Å². The van der Waals surface area contributed by atoms with Crippen molar-refractivity contribution in [2.75, 3.05) is 0 Å². The highest BCUT2D eigenvalue weighted by Crippen LogP contribution is 2.03. The number of halogens is 2. The van der Waals surface area contributed by atoms with Gasteiger partial charge in [-0.2, -0.15) is 5.11 Å². The molecule has 7 heavy (non-hydrogen) atoms. The molecule has 0 aliphatic carbocycles. The summed E-state index contributed by atoms with van der Waals surface area (Å²) in [5.74, 6) is 0. The fourth-order valence-corrected chi connectivity index (χ4v) is 0.185. The second-order valence-electron chi connectivity index (χ2n) is 1.28. The van der Waals surface area contributed by atoms with E-state index in [0.717, 1.165) is 0 Å².